The van der Waals surface area contributed by atoms with Crippen molar-refractivity contribution in [2.75, 3.05) is 0 Å². The summed E-state index contributed by atoms with van der Waals surface area (Å²) >= 11 is 0. The highest BCUT2D eigenvalue weighted by Crippen LogP contribution is 2.35. The molecule has 1 N–H and O–H groups in total. The lowest BCUT2D eigenvalue weighted by molar-refractivity contribution is -0.121. The number of carbonyl (C=O) groups is 1. The highest BCUT2D eigenvalue weighted by atomic mass is 16.6. The van der Waals surface area contributed by atoms with Crippen LogP contribution in [0.3, 0.4) is 0 Å². The number of aryl methyl sites for hydroxylation is 1. The smallest absolute Gasteiger partial charge is 0.220 e. The molecule has 0 fully saturated rings. The van der Waals surface area contributed by atoms with E-state index in [1.165, 1.54) is 11.1 Å². The van der Waals surface area contributed by atoms with Crippen molar-refractivity contribution in [3.63, 3.8) is 0 Å². The van der Waals surface area contributed by atoms with Crippen LogP contribution in [0.2, 0.25) is 0 Å². The van der Waals surface area contributed by atoms with Crippen LogP contribution in [-0.4, -0.2) is 16.2 Å². The first-order chi connectivity index (χ1) is 11.3. The van der Waals surface area contributed by atoms with Gasteiger partial charge in [-0.15, -0.1) is 0 Å². The van der Waals surface area contributed by atoms with Gasteiger partial charge in [-0.1, -0.05) is 30.3 Å². The molecule has 0 unspecified atom stereocenters. The van der Waals surface area contributed by atoms with Crippen LogP contribution in [0.1, 0.15) is 35.4 Å². The van der Waals surface area contributed by atoms with Gasteiger partial charge in [-0.3, -0.25) is 4.79 Å². The largest absolute Gasteiger partial charge is 0.352 e. The number of hydrogen-bond acceptors (Lipinski definition) is 4. The summed E-state index contributed by atoms with van der Waals surface area (Å²) in [5.74, 6) is 0.429. The molecule has 0 saturated carbocycles. The predicted octanol–water partition coefficient (Wildman–Crippen LogP) is 2.96. The van der Waals surface area contributed by atoms with Crippen molar-refractivity contribution in [3.8, 4) is 0 Å². The van der Waals surface area contributed by atoms with Gasteiger partial charge in [-0.25, -0.2) is 4.63 Å². The minimum Gasteiger partial charge on any atom is -0.352 e. The minimum atomic E-state index is 0.0880. The average molecular weight is 307 g/mol. The Balaban J connectivity index is 1.37. The van der Waals surface area contributed by atoms with Crippen molar-refractivity contribution in [1.29, 1.82) is 0 Å². The standard InChI is InChI=1S/C18H17N3O2/c22-18(10-14-7-6-13-3-1-2-4-15(13)14)19-11-12-5-8-16-17(9-12)21-23-20-16/h1-5,8-9,14H,6-7,10-11H2,(H,19,22)/t14-/m1/s1. The number of carbonyl (C=O) groups excluding carboxylic acids is 1. The lowest BCUT2D eigenvalue weighted by Gasteiger charge is -2.11. The third-order valence-corrected chi connectivity index (χ3v) is 4.50. The summed E-state index contributed by atoms with van der Waals surface area (Å²) in [5, 5.41) is 10.6. The normalized spacial score (nSPS) is 16.4. The number of rotatable bonds is 4. The molecule has 3 aromatic rings. The van der Waals surface area contributed by atoms with Gasteiger partial charge in [0.15, 0.2) is 0 Å². The summed E-state index contributed by atoms with van der Waals surface area (Å²) in [5.41, 5.74) is 5.14. The van der Waals surface area contributed by atoms with Gasteiger partial charge in [-0.05, 0) is 57.9 Å². The quantitative estimate of drug-likeness (QED) is 0.804. The monoisotopic (exact) mass is 307 g/mol. The second-order valence-corrected chi connectivity index (χ2v) is 6.00. The first-order valence-corrected chi connectivity index (χ1v) is 7.85. The third-order valence-electron chi connectivity index (χ3n) is 4.50. The van der Waals surface area contributed by atoms with Crippen LogP contribution in [0.15, 0.2) is 47.1 Å². The first kappa shape index (κ1) is 13.9. The Kier molecular flexibility index (Phi) is 3.54. The van der Waals surface area contributed by atoms with Crippen molar-refractivity contribution >= 4 is 16.9 Å². The number of aromatic nitrogens is 2. The van der Waals surface area contributed by atoms with E-state index in [0.717, 1.165) is 23.9 Å². The van der Waals surface area contributed by atoms with Crippen LogP contribution in [0.4, 0.5) is 0 Å². The number of nitrogens with one attached hydrogen (secondary N) is 1. The third kappa shape index (κ3) is 2.82. The number of amides is 1. The maximum Gasteiger partial charge on any atom is 0.220 e. The van der Waals surface area contributed by atoms with Crippen LogP contribution in [0.5, 0.6) is 0 Å². The lowest BCUT2D eigenvalue weighted by Crippen LogP contribution is -2.24. The van der Waals surface area contributed by atoms with Crippen LogP contribution < -0.4 is 5.32 Å². The van der Waals surface area contributed by atoms with Crippen LogP contribution in [-0.2, 0) is 17.8 Å². The molecule has 0 spiro atoms. The predicted molar refractivity (Wildman–Crippen MR) is 85.8 cm³/mol. The Labute approximate surface area is 133 Å². The van der Waals surface area contributed by atoms with Crippen molar-refractivity contribution < 1.29 is 9.42 Å². The van der Waals surface area contributed by atoms with E-state index in [4.69, 9.17) is 0 Å². The lowest BCUT2D eigenvalue weighted by atomic mass is 9.97. The van der Waals surface area contributed by atoms with Crippen LogP contribution in [0, 0.1) is 0 Å². The fourth-order valence-electron chi connectivity index (χ4n) is 3.29. The summed E-state index contributed by atoms with van der Waals surface area (Å²) < 4.78 is 4.68. The molecule has 0 radical (unpaired) electrons. The van der Waals surface area contributed by atoms with Gasteiger partial charge in [-0.2, -0.15) is 0 Å². The SMILES string of the molecule is O=C(C[C@H]1CCc2ccccc21)NCc1ccc2nonc2c1. The second kappa shape index (κ2) is 5.83. The van der Waals surface area contributed by atoms with E-state index < -0.39 is 0 Å². The van der Waals surface area contributed by atoms with Gasteiger partial charge in [0.1, 0.15) is 11.0 Å². The molecule has 23 heavy (non-hydrogen) atoms. The Morgan fingerprint density at radius 3 is 3.00 bits per heavy atom. The highest BCUT2D eigenvalue weighted by molar-refractivity contribution is 5.78. The van der Waals surface area contributed by atoms with E-state index >= 15 is 0 Å². The molecule has 1 heterocycles. The molecule has 0 aliphatic heterocycles. The highest BCUT2D eigenvalue weighted by Gasteiger charge is 2.23. The fraction of sp³-hybridized carbons (Fsp3) is 0.278. The molecule has 1 aliphatic rings. The zero-order valence-electron chi connectivity index (χ0n) is 12.7. The molecule has 1 amide bonds. The fourth-order valence-corrected chi connectivity index (χ4v) is 3.29. The van der Waals surface area contributed by atoms with Gasteiger partial charge >= 0.3 is 0 Å². The van der Waals surface area contributed by atoms with Crippen LogP contribution in [0.25, 0.3) is 11.0 Å². The summed E-state index contributed by atoms with van der Waals surface area (Å²) in [7, 11) is 0. The molecule has 116 valence electrons. The summed E-state index contributed by atoms with van der Waals surface area (Å²) in [6.45, 7) is 0.496. The molecule has 1 aliphatic carbocycles. The van der Waals surface area contributed by atoms with E-state index in [2.05, 4.69) is 44.5 Å². The first-order valence-electron chi connectivity index (χ1n) is 7.85. The van der Waals surface area contributed by atoms with Crippen molar-refractivity contribution in [2.45, 2.75) is 31.7 Å². The van der Waals surface area contributed by atoms with E-state index in [-0.39, 0.29) is 5.91 Å². The maximum absolute atomic E-state index is 12.2. The van der Waals surface area contributed by atoms with Gasteiger partial charge < -0.3 is 5.32 Å². The van der Waals surface area contributed by atoms with Crippen molar-refractivity contribution in [3.05, 3.63) is 59.2 Å². The summed E-state index contributed by atoms with van der Waals surface area (Å²) in [6.07, 6.45) is 2.68. The molecule has 1 aromatic heterocycles. The van der Waals surface area contributed by atoms with E-state index in [1.807, 2.05) is 18.2 Å². The van der Waals surface area contributed by atoms with Crippen molar-refractivity contribution in [1.82, 2.24) is 15.6 Å². The molecule has 1 atom stereocenters. The molecular formula is C18H17N3O2. The van der Waals surface area contributed by atoms with Gasteiger partial charge in [0.05, 0.1) is 0 Å². The van der Waals surface area contributed by atoms with E-state index in [9.17, 15) is 4.79 Å². The second-order valence-electron chi connectivity index (χ2n) is 6.00. The number of nitrogens with zero attached hydrogens (tertiary/aromatic N) is 2. The van der Waals surface area contributed by atoms with Crippen molar-refractivity contribution in [2.24, 2.45) is 0 Å². The van der Waals surface area contributed by atoms with Crippen LogP contribution >= 0.6 is 0 Å². The number of benzene rings is 2. The Morgan fingerprint density at radius 2 is 2.04 bits per heavy atom. The molecule has 5 nitrogen and oxygen atoms in total. The molecule has 4 rings (SSSR count). The van der Waals surface area contributed by atoms with E-state index in [1.54, 1.807) is 0 Å². The zero-order valence-corrected chi connectivity index (χ0v) is 12.7. The molecule has 0 bridgehead atoms. The number of fused-ring (bicyclic) bond motifs is 2. The average Bonchev–Trinajstić information content (AvgIpc) is 3.20. The van der Waals surface area contributed by atoms with Gasteiger partial charge in [0.25, 0.3) is 0 Å². The van der Waals surface area contributed by atoms with E-state index in [0.29, 0.717) is 24.4 Å². The van der Waals surface area contributed by atoms with Gasteiger partial charge in [0, 0.05) is 13.0 Å². The summed E-state index contributed by atoms with van der Waals surface area (Å²) in [4.78, 5) is 12.2. The topological polar surface area (TPSA) is 68.0 Å². The number of hydrogen-bond donors (Lipinski definition) is 1. The Morgan fingerprint density at radius 1 is 1.17 bits per heavy atom. The Hall–Kier alpha value is -2.69. The molecule has 2 aromatic carbocycles. The van der Waals surface area contributed by atoms with Gasteiger partial charge in [0.2, 0.25) is 5.91 Å². The molecule has 0 saturated heterocycles. The Bertz CT molecular complexity index is 856. The molecular weight excluding hydrogens is 290 g/mol. The maximum atomic E-state index is 12.2. The minimum absolute atomic E-state index is 0.0880. The summed E-state index contributed by atoms with van der Waals surface area (Å²) in [6, 6.07) is 14.1. The zero-order chi connectivity index (χ0) is 15.6. The molecule has 5 heteroatoms.